The van der Waals surface area contributed by atoms with Gasteiger partial charge in [0.1, 0.15) is 6.61 Å². The number of carbonyl (C=O) groups excluding carboxylic acids is 3. The van der Waals surface area contributed by atoms with Crippen LogP contribution >= 0.6 is 0 Å². The van der Waals surface area contributed by atoms with E-state index in [0.717, 1.165) is 10.5 Å². The number of hydrogen-bond donors (Lipinski definition) is 2. The lowest BCUT2D eigenvalue weighted by Crippen LogP contribution is -2.50. The van der Waals surface area contributed by atoms with Crippen LogP contribution in [-0.4, -0.2) is 61.5 Å². The summed E-state index contributed by atoms with van der Waals surface area (Å²) >= 11 is 0. The molecule has 0 radical (unpaired) electrons. The van der Waals surface area contributed by atoms with Gasteiger partial charge in [-0.25, -0.2) is 9.69 Å². The van der Waals surface area contributed by atoms with E-state index in [1.165, 1.54) is 31.3 Å². The molecule has 2 aromatic carbocycles. The highest BCUT2D eigenvalue weighted by atomic mass is 16.6. The number of aliphatic hydroxyl groups excluding tert-OH is 1. The van der Waals surface area contributed by atoms with E-state index in [0.29, 0.717) is 35.6 Å². The van der Waals surface area contributed by atoms with E-state index in [1.54, 1.807) is 24.3 Å². The molecule has 2 atom stereocenters. The van der Waals surface area contributed by atoms with Crippen molar-refractivity contribution in [1.82, 2.24) is 4.90 Å². The van der Waals surface area contributed by atoms with Gasteiger partial charge in [0.05, 0.1) is 31.5 Å². The Morgan fingerprint density at radius 2 is 1.88 bits per heavy atom. The van der Waals surface area contributed by atoms with Gasteiger partial charge in [0.25, 0.3) is 5.91 Å². The van der Waals surface area contributed by atoms with Gasteiger partial charge in [0, 0.05) is 18.3 Å². The van der Waals surface area contributed by atoms with Gasteiger partial charge in [-0.1, -0.05) is 24.3 Å². The Labute approximate surface area is 196 Å². The molecule has 0 aliphatic carbocycles. The summed E-state index contributed by atoms with van der Waals surface area (Å²) in [5, 5.41) is 13.8. The number of aliphatic hydroxyl groups is 1. The van der Waals surface area contributed by atoms with Crippen molar-refractivity contribution in [2.45, 2.75) is 25.3 Å². The molecule has 0 aromatic heterocycles. The summed E-state index contributed by atoms with van der Waals surface area (Å²) in [6.07, 6.45) is -1.28. The van der Waals surface area contributed by atoms with Gasteiger partial charge in [-0.2, -0.15) is 0 Å². The number of hydrogen-bond acceptors (Lipinski definition) is 7. The summed E-state index contributed by atoms with van der Waals surface area (Å²) in [5.74, 6) is 0.258. The second-order valence-corrected chi connectivity index (χ2v) is 7.98. The Balaban J connectivity index is 1.68. The first-order valence-corrected chi connectivity index (χ1v) is 10.5. The van der Waals surface area contributed by atoms with Crippen LogP contribution in [0.25, 0.3) is 0 Å². The van der Waals surface area contributed by atoms with E-state index in [1.807, 2.05) is 0 Å². The van der Waals surface area contributed by atoms with Gasteiger partial charge in [-0.3, -0.25) is 9.59 Å². The maximum Gasteiger partial charge on any atom is 0.416 e. The first-order chi connectivity index (χ1) is 16.4. The second kappa shape index (κ2) is 9.44. The molecular formula is C24H25N3O7. The lowest BCUT2D eigenvalue weighted by Gasteiger charge is -2.31. The van der Waals surface area contributed by atoms with E-state index >= 15 is 0 Å². The molecule has 0 spiro atoms. The SMILES string of the molecule is C=C1C[C@H]2C(O)N(C(=O)OCc3ccc(NC=O)cc3)c3cc(OC)c(OC)cc3C(=O)N2C1. The summed E-state index contributed by atoms with van der Waals surface area (Å²) in [7, 11) is 2.88. The molecule has 34 heavy (non-hydrogen) atoms. The molecule has 178 valence electrons. The zero-order valence-corrected chi connectivity index (χ0v) is 18.8. The van der Waals surface area contributed by atoms with Gasteiger partial charge < -0.3 is 29.5 Å². The van der Waals surface area contributed by atoms with Crippen LogP contribution in [0.5, 0.6) is 11.5 Å². The lowest BCUT2D eigenvalue weighted by atomic mass is 10.1. The first kappa shape index (κ1) is 23.1. The third-order valence-electron chi connectivity index (χ3n) is 5.89. The average molecular weight is 467 g/mol. The zero-order valence-electron chi connectivity index (χ0n) is 18.8. The highest BCUT2D eigenvalue weighted by Gasteiger charge is 2.46. The standard InChI is InChI=1S/C24H25N3O7/c1-14-8-19-23(30)27(24(31)34-12-15-4-6-16(7-5-15)25-13-28)18-10-21(33-3)20(32-2)9-17(18)22(29)26(19)11-14/h4-7,9-10,13,19,23,30H,1,8,11-12H2,2-3H3,(H,25,28)/t19-,23?/m0/s1. The molecule has 3 amide bonds. The Hall–Kier alpha value is -4.05. The van der Waals surface area contributed by atoms with Gasteiger partial charge in [0.15, 0.2) is 17.7 Å². The van der Waals surface area contributed by atoms with Crippen molar-refractivity contribution < 1.29 is 33.7 Å². The zero-order chi connectivity index (χ0) is 24.4. The van der Waals surface area contributed by atoms with Crippen LogP contribution in [0.2, 0.25) is 0 Å². The maximum atomic E-state index is 13.4. The first-order valence-electron chi connectivity index (χ1n) is 10.5. The summed E-state index contributed by atoms with van der Waals surface area (Å²) in [4.78, 5) is 39.8. The van der Waals surface area contributed by atoms with Crippen LogP contribution in [0.4, 0.5) is 16.2 Å². The van der Waals surface area contributed by atoms with E-state index in [9.17, 15) is 19.5 Å². The molecular weight excluding hydrogens is 442 g/mol. The van der Waals surface area contributed by atoms with Crippen molar-refractivity contribution in [2.24, 2.45) is 0 Å². The molecule has 0 saturated carbocycles. The fraction of sp³-hybridized carbons (Fsp3) is 0.292. The maximum absolute atomic E-state index is 13.4. The fourth-order valence-corrected chi connectivity index (χ4v) is 4.21. The molecule has 2 N–H and O–H groups in total. The van der Waals surface area contributed by atoms with Crippen LogP contribution in [0.3, 0.4) is 0 Å². The number of carbonyl (C=O) groups is 3. The Morgan fingerprint density at radius 1 is 1.21 bits per heavy atom. The molecule has 0 bridgehead atoms. The summed E-state index contributed by atoms with van der Waals surface area (Å²) < 4.78 is 16.2. The number of anilines is 2. The van der Waals surface area contributed by atoms with Gasteiger partial charge in [-0.15, -0.1) is 0 Å². The third kappa shape index (κ3) is 4.15. The summed E-state index contributed by atoms with van der Waals surface area (Å²) in [6.45, 7) is 4.14. The highest BCUT2D eigenvalue weighted by molar-refractivity contribution is 6.06. The van der Waals surface area contributed by atoms with E-state index < -0.39 is 18.4 Å². The van der Waals surface area contributed by atoms with E-state index in [4.69, 9.17) is 14.2 Å². The highest BCUT2D eigenvalue weighted by Crippen LogP contribution is 2.41. The lowest BCUT2D eigenvalue weighted by molar-refractivity contribution is -0.105. The van der Waals surface area contributed by atoms with Crippen molar-refractivity contribution >= 4 is 29.8 Å². The van der Waals surface area contributed by atoms with Crippen LogP contribution in [0, 0.1) is 0 Å². The molecule has 2 aromatic rings. The van der Waals surface area contributed by atoms with E-state index in [-0.39, 0.29) is 30.3 Å². The van der Waals surface area contributed by atoms with Gasteiger partial charge in [-0.05, 0) is 30.2 Å². The van der Waals surface area contributed by atoms with Crippen LogP contribution < -0.4 is 19.7 Å². The Kier molecular flexibility index (Phi) is 6.42. The minimum absolute atomic E-state index is 0.0823. The Morgan fingerprint density at radius 3 is 2.53 bits per heavy atom. The second-order valence-electron chi connectivity index (χ2n) is 7.98. The van der Waals surface area contributed by atoms with Crippen molar-refractivity contribution in [3.63, 3.8) is 0 Å². The predicted octanol–water partition coefficient (Wildman–Crippen LogP) is 2.52. The largest absolute Gasteiger partial charge is 0.493 e. The number of nitrogens with zero attached hydrogens (tertiary/aromatic N) is 2. The number of rotatable bonds is 6. The van der Waals surface area contributed by atoms with Crippen molar-refractivity contribution in [3.8, 4) is 11.5 Å². The van der Waals surface area contributed by atoms with Crippen LogP contribution in [0.15, 0.2) is 48.6 Å². The van der Waals surface area contributed by atoms with Gasteiger partial charge >= 0.3 is 6.09 Å². The number of nitrogens with one attached hydrogen (secondary N) is 1. The number of ether oxygens (including phenoxy) is 3. The fourth-order valence-electron chi connectivity index (χ4n) is 4.21. The molecule has 1 fully saturated rings. The normalized spacial score (nSPS) is 19.1. The van der Waals surface area contributed by atoms with Crippen LogP contribution in [-0.2, 0) is 16.1 Å². The van der Waals surface area contributed by atoms with Gasteiger partial charge in [0.2, 0.25) is 6.41 Å². The molecule has 1 unspecified atom stereocenters. The smallest absolute Gasteiger partial charge is 0.416 e. The molecule has 4 rings (SSSR count). The molecule has 2 heterocycles. The number of benzene rings is 2. The minimum Gasteiger partial charge on any atom is -0.493 e. The number of fused-ring (bicyclic) bond motifs is 2. The molecule has 2 aliphatic rings. The quantitative estimate of drug-likeness (QED) is 0.495. The minimum atomic E-state index is -1.37. The molecule has 1 saturated heterocycles. The van der Waals surface area contributed by atoms with Crippen molar-refractivity contribution in [2.75, 3.05) is 31.0 Å². The van der Waals surface area contributed by atoms with E-state index in [2.05, 4.69) is 11.9 Å². The predicted molar refractivity (Wildman–Crippen MR) is 123 cm³/mol. The molecule has 2 aliphatic heterocycles. The Bertz CT molecular complexity index is 1130. The van der Waals surface area contributed by atoms with Crippen LogP contribution in [0.1, 0.15) is 22.3 Å². The summed E-state index contributed by atoms with van der Waals surface area (Å²) in [6, 6.07) is 9.04. The summed E-state index contributed by atoms with van der Waals surface area (Å²) in [5.41, 5.74) is 2.39. The van der Waals surface area contributed by atoms with Crippen molar-refractivity contribution in [1.29, 1.82) is 0 Å². The third-order valence-corrected chi connectivity index (χ3v) is 5.89. The topological polar surface area (TPSA) is 118 Å². The molecule has 10 nitrogen and oxygen atoms in total. The molecule has 10 heteroatoms. The number of amides is 3. The average Bonchev–Trinajstić information content (AvgIpc) is 3.21. The monoisotopic (exact) mass is 467 g/mol. The van der Waals surface area contributed by atoms with Crippen molar-refractivity contribution in [3.05, 3.63) is 59.7 Å². The number of methoxy groups -OCH3 is 2.